The van der Waals surface area contributed by atoms with Crippen molar-refractivity contribution < 1.29 is 23.1 Å². The Kier molecular flexibility index (Phi) is 4.12. The van der Waals surface area contributed by atoms with Gasteiger partial charge in [0.25, 0.3) is 5.91 Å². The lowest BCUT2D eigenvalue weighted by Crippen LogP contribution is -2.13. The highest BCUT2D eigenvalue weighted by atomic mass is 19.1. The number of halogens is 1. The molecule has 0 atom stereocenters. The molecule has 3 rings (SSSR count). The molecule has 1 amide bonds. The molecule has 0 bridgehead atoms. The summed E-state index contributed by atoms with van der Waals surface area (Å²) in [4.78, 5) is 12.6. The van der Waals surface area contributed by atoms with E-state index >= 15 is 0 Å². The average Bonchev–Trinajstić information content (AvgIpc) is 2.91. The number of anilines is 1. The van der Waals surface area contributed by atoms with Gasteiger partial charge in [0.15, 0.2) is 5.76 Å². The van der Waals surface area contributed by atoms with E-state index in [1.54, 1.807) is 25.1 Å². The summed E-state index contributed by atoms with van der Waals surface area (Å²) in [6.07, 6.45) is 0. The van der Waals surface area contributed by atoms with Crippen LogP contribution in [0.25, 0.3) is 11.0 Å². The fourth-order valence-electron chi connectivity index (χ4n) is 2.50. The number of ether oxygens (including phenoxy) is 2. The second-order valence-electron chi connectivity index (χ2n) is 5.22. The van der Waals surface area contributed by atoms with Crippen molar-refractivity contribution in [3.63, 3.8) is 0 Å². The maximum atomic E-state index is 13.4. The molecule has 1 heterocycles. The number of fused-ring (bicyclic) bond motifs is 1. The highest BCUT2D eigenvalue weighted by molar-refractivity contribution is 6.07. The zero-order valence-corrected chi connectivity index (χ0v) is 13.5. The van der Waals surface area contributed by atoms with Crippen LogP contribution in [0.1, 0.15) is 16.1 Å². The summed E-state index contributed by atoms with van der Waals surface area (Å²) in [6, 6.07) is 9.20. The van der Waals surface area contributed by atoms with E-state index in [0.29, 0.717) is 33.7 Å². The number of aryl methyl sites for hydroxylation is 1. The first kappa shape index (κ1) is 15.9. The number of amides is 1. The van der Waals surface area contributed by atoms with Crippen molar-refractivity contribution >= 4 is 22.6 Å². The lowest BCUT2D eigenvalue weighted by molar-refractivity contribution is 0.0997. The van der Waals surface area contributed by atoms with Gasteiger partial charge in [-0.25, -0.2) is 4.39 Å². The quantitative estimate of drug-likeness (QED) is 0.781. The van der Waals surface area contributed by atoms with Crippen LogP contribution in [0.2, 0.25) is 0 Å². The molecular weight excluding hydrogens is 313 g/mol. The van der Waals surface area contributed by atoms with Crippen molar-refractivity contribution in [2.75, 3.05) is 19.5 Å². The average molecular weight is 329 g/mol. The number of benzene rings is 2. The molecule has 3 aromatic rings. The topological polar surface area (TPSA) is 60.7 Å². The van der Waals surface area contributed by atoms with Crippen molar-refractivity contribution in [1.29, 1.82) is 0 Å². The van der Waals surface area contributed by atoms with Gasteiger partial charge in [-0.15, -0.1) is 0 Å². The number of methoxy groups -OCH3 is 2. The first-order chi connectivity index (χ1) is 11.5. The van der Waals surface area contributed by atoms with Crippen LogP contribution in [0.5, 0.6) is 11.5 Å². The summed E-state index contributed by atoms with van der Waals surface area (Å²) in [6.45, 7) is 1.71. The van der Waals surface area contributed by atoms with Crippen molar-refractivity contribution in [2.24, 2.45) is 0 Å². The molecule has 2 aromatic carbocycles. The van der Waals surface area contributed by atoms with Gasteiger partial charge in [-0.2, -0.15) is 0 Å². The molecule has 1 aromatic heterocycles. The summed E-state index contributed by atoms with van der Waals surface area (Å²) < 4.78 is 29.3. The van der Waals surface area contributed by atoms with E-state index in [1.807, 2.05) is 0 Å². The number of carbonyl (C=O) groups excluding carboxylic acids is 1. The van der Waals surface area contributed by atoms with Crippen LogP contribution in [-0.4, -0.2) is 20.1 Å². The Morgan fingerprint density at radius 3 is 2.62 bits per heavy atom. The van der Waals surface area contributed by atoms with E-state index in [4.69, 9.17) is 13.9 Å². The van der Waals surface area contributed by atoms with Crippen molar-refractivity contribution in [3.8, 4) is 11.5 Å². The molecule has 5 nitrogen and oxygen atoms in total. The highest BCUT2D eigenvalue weighted by Gasteiger charge is 2.19. The van der Waals surface area contributed by atoms with Gasteiger partial charge in [0.1, 0.15) is 22.9 Å². The predicted octanol–water partition coefficient (Wildman–Crippen LogP) is 4.15. The molecule has 6 heteroatoms. The third-order valence-electron chi connectivity index (χ3n) is 3.76. The molecule has 0 saturated carbocycles. The molecule has 0 aliphatic rings. The molecule has 124 valence electrons. The Morgan fingerprint density at radius 2 is 1.92 bits per heavy atom. The maximum Gasteiger partial charge on any atom is 0.291 e. The lowest BCUT2D eigenvalue weighted by Gasteiger charge is -2.11. The van der Waals surface area contributed by atoms with Gasteiger partial charge in [-0.05, 0) is 37.3 Å². The zero-order valence-electron chi connectivity index (χ0n) is 13.5. The Labute approximate surface area is 138 Å². The maximum absolute atomic E-state index is 13.4. The Bertz CT molecular complexity index is 917. The van der Waals surface area contributed by atoms with E-state index in [2.05, 4.69) is 5.32 Å². The molecule has 0 unspecified atom stereocenters. The second-order valence-corrected chi connectivity index (χ2v) is 5.22. The number of furan rings is 1. The fraction of sp³-hybridized carbons (Fsp3) is 0.167. The Hall–Kier alpha value is -3.02. The molecular formula is C18H16FNO4. The van der Waals surface area contributed by atoms with Gasteiger partial charge in [0, 0.05) is 17.0 Å². The smallest absolute Gasteiger partial charge is 0.291 e. The first-order valence-corrected chi connectivity index (χ1v) is 7.25. The largest absolute Gasteiger partial charge is 0.497 e. The minimum atomic E-state index is -0.448. The van der Waals surface area contributed by atoms with E-state index in [1.165, 1.54) is 32.4 Å². The number of rotatable bonds is 4. The Morgan fingerprint density at radius 1 is 1.12 bits per heavy atom. The third-order valence-corrected chi connectivity index (χ3v) is 3.76. The number of hydrogen-bond acceptors (Lipinski definition) is 4. The molecule has 0 aliphatic heterocycles. The molecule has 0 saturated heterocycles. The van der Waals surface area contributed by atoms with E-state index in [0.717, 1.165) is 0 Å². The van der Waals surface area contributed by atoms with Crippen LogP contribution < -0.4 is 14.8 Å². The number of nitrogens with one attached hydrogen (secondary N) is 1. The Balaban J connectivity index is 1.97. The van der Waals surface area contributed by atoms with Crippen LogP contribution in [0.15, 0.2) is 40.8 Å². The summed E-state index contributed by atoms with van der Waals surface area (Å²) in [5.74, 6) is 0.363. The molecule has 24 heavy (non-hydrogen) atoms. The monoisotopic (exact) mass is 329 g/mol. The zero-order chi connectivity index (χ0) is 17.3. The molecule has 0 spiro atoms. The normalized spacial score (nSPS) is 10.7. The van der Waals surface area contributed by atoms with E-state index < -0.39 is 5.91 Å². The summed E-state index contributed by atoms with van der Waals surface area (Å²) in [7, 11) is 3.04. The van der Waals surface area contributed by atoms with Gasteiger partial charge < -0.3 is 19.2 Å². The molecule has 0 fully saturated rings. The summed E-state index contributed by atoms with van der Waals surface area (Å²) in [5, 5.41) is 3.30. The molecule has 0 radical (unpaired) electrons. The minimum absolute atomic E-state index is 0.125. The highest BCUT2D eigenvalue weighted by Crippen LogP contribution is 2.31. The molecule has 0 aliphatic carbocycles. The van der Waals surface area contributed by atoms with Crippen LogP contribution >= 0.6 is 0 Å². The SMILES string of the molecule is COc1ccc(OC)c(NC(=O)c2oc3ccc(F)cc3c2C)c1. The summed E-state index contributed by atoms with van der Waals surface area (Å²) >= 11 is 0. The minimum Gasteiger partial charge on any atom is -0.497 e. The first-order valence-electron chi connectivity index (χ1n) is 7.25. The third kappa shape index (κ3) is 2.78. The van der Waals surface area contributed by atoms with Gasteiger partial charge in [0.2, 0.25) is 0 Å². The fourth-order valence-corrected chi connectivity index (χ4v) is 2.50. The van der Waals surface area contributed by atoms with Gasteiger partial charge in [-0.1, -0.05) is 0 Å². The van der Waals surface area contributed by atoms with Crippen LogP contribution in [-0.2, 0) is 0 Å². The van der Waals surface area contributed by atoms with Gasteiger partial charge >= 0.3 is 0 Å². The van der Waals surface area contributed by atoms with Crippen molar-refractivity contribution in [3.05, 3.63) is 53.5 Å². The van der Waals surface area contributed by atoms with Crippen LogP contribution in [0, 0.1) is 12.7 Å². The molecule has 1 N–H and O–H groups in total. The lowest BCUT2D eigenvalue weighted by atomic mass is 10.1. The van der Waals surface area contributed by atoms with Gasteiger partial charge in [-0.3, -0.25) is 4.79 Å². The number of hydrogen-bond donors (Lipinski definition) is 1. The van der Waals surface area contributed by atoms with Crippen molar-refractivity contribution in [2.45, 2.75) is 6.92 Å². The standard InChI is InChI=1S/C18H16FNO4/c1-10-13-8-11(19)4-6-15(13)24-17(10)18(21)20-14-9-12(22-2)5-7-16(14)23-3/h4-9H,1-3H3,(H,20,21). The van der Waals surface area contributed by atoms with Gasteiger partial charge in [0.05, 0.1) is 19.9 Å². The second kappa shape index (κ2) is 6.23. The van der Waals surface area contributed by atoms with Crippen molar-refractivity contribution in [1.82, 2.24) is 0 Å². The summed E-state index contributed by atoms with van der Waals surface area (Å²) in [5.41, 5.74) is 1.48. The van der Waals surface area contributed by atoms with Crippen LogP contribution in [0.4, 0.5) is 10.1 Å². The number of carbonyl (C=O) groups is 1. The predicted molar refractivity (Wildman–Crippen MR) is 88.4 cm³/mol. The van der Waals surface area contributed by atoms with E-state index in [9.17, 15) is 9.18 Å². The van der Waals surface area contributed by atoms with Crippen LogP contribution in [0.3, 0.4) is 0 Å². The van der Waals surface area contributed by atoms with E-state index in [-0.39, 0.29) is 11.6 Å².